The van der Waals surface area contributed by atoms with Crippen LogP contribution in [0.1, 0.15) is 21.6 Å². The number of carbonyl (C=O) groups is 1. The first-order valence-corrected chi connectivity index (χ1v) is 7.85. The molecule has 3 aromatic rings. The minimum atomic E-state index is -4.44. The molecule has 0 unspecified atom stereocenters. The number of nitrogens with zero attached hydrogens (tertiary/aromatic N) is 1. The predicted octanol–water partition coefficient (Wildman–Crippen LogP) is 5.57. The van der Waals surface area contributed by atoms with Crippen molar-refractivity contribution in [2.75, 3.05) is 5.32 Å². The molecule has 26 heavy (non-hydrogen) atoms. The van der Waals surface area contributed by atoms with Gasteiger partial charge >= 0.3 is 6.18 Å². The van der Waals surface area contributed by atoms with Crippen molar-refractivity contribution in [2.45, 2.75) is 13.1 Å². The summed E-state index contributed by atoms with van der Waals surface area (Å²) in [7, 11) is 0. The maximum atomic E-state index is 12.6. The fourth-order valence-corrected chi connectivity index (χ4v) is 2.62. The summed E-state index contributed by atoms with van der Waals surface area (Å²) in [6, 6.07) is 10.9. The monoisotopic (exact) mass is 380 g/mol. The van der Waals surface area contributed by atoms with Crippen molar-refractivity contribution in [1.82, 2.24) is 5.16 Å². The molecule has 0 bridgehead atoms. The zero-order valence-electron chi connectivity index (χ0n) is 13.4. The van der Waals surface area contributed by atoms with E-state index in [-0.39, 0.29) is 17.0 Å². The lowest BCUT2D eigenvalue weighted by atomic mass is 10.1. The number of hydrogen-bond acceptors (Lipinski definition) is 3. The number of halogens is 4. The van der Waals surface area contributed by atoms with Crippen LogP contribution in [0.2, 0.25) is 5.02 Å². The molecular formula is C18H12ClF3N2O2. The number of carbonyl (C=O) groups excluding carboxylic acids is 1. The average Bonchev–Trinajstić information content (AvgIpc) is 2.96. The third-order valence-corrected chi connectivity index (χ3v) is 4.01. The lowest BCUT2D eigenvalue weighted by Crippen LogP contribution is -2.14. The van der Waals surface area contributed by atoms with E-state index in [4.69, 9.17) is 16.1 Å². The quantitative estimate of drug-likeness (QED) is 0.645. The maximum Gasteiger partial charge on any atom is 0.416 e. The zero-order valence-corrected chi connectivity index (χ0v) is 14.2. The van der Waals surface area contributed by atoms with Gasteiger partial charge in [-0.2, -0.15) is 13.2 Å². The lowest BCUT2D eigenvalue weighted by Gasteiger charge is -2.09. The second-order valence-electron chi connectivity index (χ2n) is 5.48. The highest BCUT2D eigenvalue weighted by Gasteiger charge is 2.30. The Kier molecular flexibility index (Phi) is 4.73. The molecule has 8 heteroatoms. The molecular weight excluding hydrogens is 369 g/mol. The van der Waals surface area contributed by atoms with E-state index in [1.807, 2.05) is 0 Å². The molecule has 1 heterocycles. The molecule has 0 spiro atoms. The Morgan fingerprint density at radius 3 is 2.38 bits per heavy atom. The van der Waals surface area contributed by atoms with Gasteiger partial charge in [0, 0.05) is 11.3 Å². The molecule has 0 atom stereocenters. The first kappa shape index (κ1) is 18.0. The largest absolute Gasteiger partial charge is 0.416 e. The summed E-state index contributed by atoms with van der Waals surface area (Å²) in [5, 5.41) is 6.73. The van der Waals surface area contributed by atoms with Gasteiger partial charge in [-0.05, 0) is 43.3 Å². The van der Waals surface area contributed by atoms with Crippen molar-refractivity contribution in [3.05, 3.63) is 70.4 Å². The topological polar surface area (TPSA) is 55.1 Å². The lowest BCUT2D eigenvalue weighted by molar-refractivity contribution is -0.137. The van der Waals surface area contributed by atoms with Crippen LogP contribution in [0.15, 0.2) is 53.1 Å². The summed E-state index contributed by atoms with van der Waals surface area (Å²) in [6.07, 6.45) is -4.44. The van der Waals surface area contributed by atoms with E-state index in [1.54, 1.807) is 31.2 Å². The van der Waals surface area contributed by atoms with Gasteiger partial charge in [-0.1, -0.05) is 28.9 Å². The molecule has 0 aliphatic carbocycles. The van der Waals surface area contributed by atoms with Gasteiger partial charge in [-0.3, -0.25) is 4.79 Å². The molecule has 1 N–H and O–H groups in total. The molecule has 134 valence electrons. The van der Waals surface area contributed by atoms with E-state index >= 15 is 0 Å². The number of amides is 1. The maximum absolute atomic E-state index is 12.6. The van der Waals surface area contributed by atoms with Gasteiger partial charge in [-0.25, -0.2) is 0 Å². The van der Waals surface area contributed by atoms with Crippen molar-refractivity contribution >= 4 is 23.2 Å². The number of rotatable bonds is 3. The molecule has 0 saturated carbocycles. The molecule has 0 saturated heterocycles. The SMILES string of the molecule is Cc1noc(-c2ccccc2Cl)c1C(=O)Nc1ccc(C(F)(F)F)cc1. The standard InChI is InChI=1S/C18H12ClF3N2O2/c1-10-15(16(26-24-10)13-4-2-3-5-14(13)19)17(25)23-12-8-6-11(7-9-12)18(20,21)22/h2-9H,1H3,(H,23,25). The number of aryl methyl sites for hydroxylation is 1. The van der Waals surface area contributed by atoms with Crippen LogP contribution in [0.25, 0.3) is 11.3 Å². The highest BCUT2D eigenvalue weighted by atomic mass is 35.5. The van der Waals surface area contributed by atoms with Crippen LogP contribution < -0.4 is 5.32 Å². The highest BCUT2D eigenvalue weighted by Crippen LogP contribution is 2.33. The van der Waals surface area contributed by atoms with Crippen molar-refractivity contribution in [3.8, 4) is 11.3 Å². The van der Waals surface area contributed by atoms with Gasteiger partial charge in [-0.15, -0.1) is 0 Å². The summed E-state index contributed by atoms with van der Waals surface area (Å²) in [6.45, 7) is 1.59. The second kappa shape index (κ2) is 6.84. The molecule has 4 nitrogen and oxygen atoms in total. The average molecular weight is 381 g/mol. The Balaban J connectivity index is 1.90. The molecule has 1 aromatic heterocycles. The molecule has 0 aliphatic rings. The Morgan fingerprint density at radius 2 is 1.77 bits per heavy atom. The van der Waals surface area contributed by atoms with E-state index in [9.17, 15) is 18.0 Å². The Morgan fingerprint density at radius 1 is 1.12 bits per heavy atom. The molecule has 0 aliphatic heterocycles. The van der Waals surface area contributed by atoms with Crippen molar-refractivity contribution < 1.29 is 22.5 Å². The minimum Gasteiger partial charge on any atom is -0.355 e. The van der Waals surface area contributed by atoms with Crippen molar-refractivity contribution in [2.24, 2.45) is 0 Å². The summed E-state index contributed by atoms with van der Waals surface area (Å²) >= 11 is 6.14. The predicted molar refractivity (Wildman–Crippen MR) is 91.1 cm³/mol. The van der Waals surface area contributed by atoms with Crippen LogP contribution in [0, 0.1) is 6.92 Å². The van der Waals surface area contributed by atoms with Crippen LogP contribution >= 0.6 is 11.6 Å². The van der Waals surface area contributed by atoms with Crippen LogP contribution in [0.4, 0.5) is 18.9 Å². The van der Waals surface area contributed by atoms with Crippen LogP contribution in [-0.4, -0.2) is 11.1 Å². The first-order chi connectivity index (χ1) is 12.3. The number of nitrogens with one attached hydrogen (secondary N) is 1. The fraction of sp³-hybridized carbons (Fsp3) is 0.111. The van der Waals surface area contributed by atoms with Gasteiger partial charge in [0.1, 0.15) is 5.56 Å². The molecule has 1 amide bonds. The van der Waals surface area contributed by atoms with E-state index in [0.717, 1.165) is 12.1 Å². The third-order valence-electron chi connectivity index (χ3n) is 3.68. The van der Waals surface area contributed by atoms with E-state index in [0.29, 0.717) is 16.3 Å². The molecule has 3 rings (SSSR count). The van der Waals surface area contributed by atoms with Crippen molar-refractivity contribution in [1.29, 1.82) is 0 Å². The van der Waals surface area contributed by atoms with E-state index < -0.39 is 17.6 Å². The van der Waals surface area contributed by atoms with E-state index in [2.05, 4.69) is 10.5 Å². The van der Waals surface area contributed by atoms with Gasteiger partial charge in [0.05, 0.1) is 16.3 Å². The first-order valence-electron chi connectivity index (χ1n) is 7.47. The minimum absolute atomic E-state index is 0.165. The normalized spacial score (nSPS) is 11.4. The van der Waals surface area contributed by atoms with Crippen LogP contribution in [-0.2, 0) is 6.18 Å². The number of aromatic nitrogens is 1. The number of alkyl halides is 3. The summed E-state index contributed by atoms with van der Waals surface area (Å²) < 4.78 is 43.1. The molecule has 0 radical (unpaired) electrons. The number of hydrogen-bond donors (Lipinski definition) is 1. The van der Waals surface area contributed by atoms with Crippen molar-refractivity contribution in [3.63, 3.8) is 0 Å². The summed E-state index contributed by atoms with van der Waals surface area (Å²) in [5.74, 6) is -0.365. The number of benzene rings is 2. The van der Waals surface area contributed by atoms with Crippen LogP contribution in [0.5, 0.6) is 0 Å². The molecule has 2 aromatic carbocycles. The summed E-state index contributed by atoms with van der Waals surface area (Å²) in [5.41, 5.74) is 0.414. The number of anilines is 1. The Hall–Kier alpha value is -2.80. The van der Waals surface area contributed by atoms with Gasteiger partial charge in [0.2, 0.25) is 0 Å². The Labute approximate surface area is 151 Å². The second-order valence-corrected chi connectivity index (χ2v) is 5.89. The van der Waals surface area contributed by atoms with Gasteiger partial charge in [0.25, 0.3) is 5.91 Å². The highest BCUT2D eigenvalue weighted by molar-refractivity contribution is 6.33. The smallest absolute Gasteiger partial charge is 0.355 e. The fourth-order valence-electron chi connectivity index (χ4n) is 2.40. The van der Waals surface area contributed by atoms with Gasteiger partial charge in [0.15, 0.2) is 5.76 Å². The van der Waals surface area contributed by atoms with Gasteiger partial charge < -0.3 is 9.84 Å². The molecule has 0 fully saturated rings. The summed E-state index contributed by atoms with van der Waals surface area (Å²) in [4.78, 5) is 12.6. The zero-order chi connectivity index (χ0) is 18.9. The van der Waals surface area contributed by atoms with E-state index in [1.165, 1.54) is 12.1 Å². The Bertz CT molecular complexity index is 950. The third kappa shape index (κ3) is 3.57. The van der Waals surface area contributed by atoms with Crippen LogP contribution in [0.3, 0.4) is 0 Å².